The molecule has 1 aromatic carbocycles. The highest BCUT2D eigenvalue weighted by atomic mass is 35.5. The zero-order chi connectivity index (χ0) is 14.4. The summed E-state index contributed by atoms with van der Waals surface area (Å²) in [5.41, 5.74) is 1.89. The Balaban J connectivity index is 1.75. The van der Waals surface area contributed by atoms with Crippen molar-refractivity contribution in [2.75, 3.05) is 11.9 Å². The highest BCUT2D eigenvalue weighted by Gasteiger charge is 2.06. The largest absolute Gasteiger partial charge is 0.493 e. The van der Waals surface area contributed by atoms with Gasteiger partial charge in [-0.05, 0) is 24.6 Å². The number of alkyl halides is 1. The van der Waals surface area contributed by atoms with Crippen molar-refractivity contribution >= 4 is 34.0 Å². The molecule has 0 aliphatic heterocycles. The molecule has 1 N–H and O–H groups in total. The minimum absolute atomic E-state index is 0.117. The van der Waals surface area contributed by atoms with Crippen molar-refractivity contribution in [2.24, 2.45) is 0 Å². The molecule has 0 saturated carbocycles. The fourth-order valence-electron chi connectivity index (χ4n) is 1.57. The molecule has 2 aromatic rings. The molecule has 1 aromatic heterocycles. The molecule has 0 radical (unpaired) electrons. The molecule has 2 rings (SSSR count). The standard InChI is InChI=1S/C14H15ClN2O2S/c1-10-3-2-4-12(7-10)19-6-5-13(18)17-14-16-11(8-15)9-20-14/h2-4,7,9H,5-6,8H2,1H3,(H,16,17,18). The normalized spacial score (nSPS) is 10.3. The monoisotopic (exact) mass is 310 g/mol. The number of benzene rings is 1. The van der Waals surface area contributed by atoms with E-state index in [1.54, 1.807) is 0 Å². The third-order valence-electron chi connectivity index (χ3n) is 2.52. The maximum atomic E-state index is 11.7. The Morgan fingerprint density at radius 3 is 3.05 bits per heavy atom. The Morgan fingerprint density at radius 2 is 2.35 bits per heavy atom. The van der Waals surface area contributed by atoms with Crippen LogP contribution in [0.4, 0.5) is 5.13 Å². The van der Waals surface area contributed by atoms with E-state index in [1.807, 2.05) is 36.6 Å². The lowest BCUT2D eigenvalue weighted by molar-refractivity contribution is -0.116. The quantitative estimate of drug-likeness (QED) is 0.829. The topological polar surface area (TPSA) is 51.2 Å². The van der Waals surface area contributed by atoms with Crippen LogP contribution in [0.1, 0.15) is 17.7 Å². The molecule has 6 heteroatoms. The number of anilines is 1. The van der Waals surface area contributed by atoms with Crippen molar-refractivity contribution < 1.29 is 9.53 Å². The third kappa shape index (κ3) is 4.51. The summed E-state index contributed by atoms with van der Waals surface area (Å²) < 4.78 is 5.52. The van der Waals surface area contributed by atoms with Gasteiger partial charge in [0.25, 0.3) is 0 Å². The smallest absolute Gasteiger partial charge is 0.229 e. The van der Waals surface area contributed by atoms with Crippen LogP contribution in [-0.2, 0) is 10.7 Å². The van der Waals surface area contributed by atoms with Gasteiger partial charge in [-0.1, -0.05) is 12.1 Å². The molecule has 1 amide bonds. The molecule has 0 aliphatic carbocycles. The first-order valence-electron chi connectivity index (χ1n) is 6.17. The number of hydrogen-bond donors (Lipinski definition) is 1. The van der Waals surface area contributed by atoms with Crippen molar-refractivity contribution in [3.63, 3.8) is 0 Å². The lowest BCUT2D eigenvalue weighted by atomic mass is 10.2. The van der Waals surface area contributed by atoms with Crippen molar-refractivity contribution in [3.05, 3.63) is 40.9 Å². The van der Waals surface area contributed by atoms with Crippen molar-refractivity contribution in [1.82, 2.24) is 4.98 Å². The fraction of sp³-hybridized carbons (Fsp3) is 0.286. The Hall–Kier alpha value is -1.59. The Labute approximate surface area is 126 Å². The number of hydrogen-bond acceptors (Lipinski definition) is 4. The van der Waals surface area contributed by atoms with Crippen LogP contribution in [0.3, 0.4) is 0 Å². The molecule has 1 heterocycles. The van der Waals surface area contributed by atoms with Gasteiger partial charge in [0, 0.05) is 5.38 Å². The minimum Gasteiger partial charge on any atom is -0.493 e. The van der Waals surface area contributed by atoms with Crippen molar-refractivity contribution in [3.8, 4) is 5.75 Å². The summed E-state index contributed by atoms with van der Waals surface area (Å²) in [6.07, 6.45) is 0.281. The average Bonchev–Trinajstić information content (AvgIpc) is 2.86. The number of nitrogens with one attached hydrogen (secondary N) is 1. The summed E-state index contributed by atoms with van der Waals surface area (Å²) in [6, 6.07) is 7.73. The summed E-state index contributed by atoms with van der Waals surface area (Å²) >= 11 is 7.02. The van der Waals surface area contributed by atoms with Crippen LogP contribution >= 0.6 is 22.9 Å². The maximum Gasteiger partial charge on any atom is 0.229 e. The first-order valence-corrected chi connectivity index (χ1v) is 7.58. The highest BCUT2D eigenvalue weighted by Crippen LogP contribution is 2.17. The molecule has 0 bridgehead atoms. The number of rotatable bonds is 6. The van der Waals surface area contributed by atoms with Crippen molar-refractivity contribution in [2.45, 2.75) is 19.2 Å². The molecule has 0 spiro atoms. The highest BCUT2D eigenvalue weighted by molar-refractivity contribution is 7.13. The number of thiazole rings is 1. The summed E-state index contributed by atoms with van der Waals surface area (Å²) in [6.45, 7) is 2.33. The second kappa shape index (κ2) is 7.26. The average molecular weight is 311 g/mol. The van der Waals surface area contributed by atoms with E-state index in [4.69, 9.17) is 16.3 Å². The number of carbonyl (C=O) groups excluding carboxylic acids is 1. The van der Waals surface area contributed by atoms with E-state index in [-0.39, 0.29) is 12.3 Å². The van der Waals surface area contributed by atoms with Crippen LogP contribution in [0.15, 0.2) is 29.6 Å². The number of aromatic nitrogens is 1. The number of nitrogens with zero attached hydrogens (tertiary/aromatic N) is 1. The molecule has 20 heavy (non-hydrogen) atoms. The van der Waals surface area contributed by atoms with Crippen LogP contribution < -0.4 is 10.1 Å². The van der Waals surface area contributed by atoms with Gasteiger partial charge in [0.05, 0.1) is 24.6 Å². The van der Waals surface area contributed by atoms with Gasteiger partial charge in [0.15, 0.2) is 5.13 Å². The number of ether oxygens (including phenoxy) is 1. The fourth-order valence-corrected chi connectivity index (χ4v) is 2.53. The Morgan fingerprint density at radius 1 is 1.50 bits per heavy atom. The molecule has 0 aliphatic rings. The number of amides is 1. The van der Waals surface area contributed by atoms with Crippen LogP contribution in [0.5, 0.6) is 5.75 Å². The van der Waals surface area contributed by atoms with Gasteiger partial charge < -0.3 is 10.1 Å². The summed E-state index contributed by atoms with van der Waals surface area (Å²) in [4.78, 5) is 15.9. The summed E-state index contributed by atoms with van der Waals surface area (Å²) in [5, 5.41) is 5.12. The molecular weight excluding hydrogens is 296 g/mol. The van der Waals surface area contributed by atoms with Crippen LogP contribution in [0, 0.1) is 6.92 Å². The third-order valence-corrected chi connectivity index (χ3v) is 3.60. The van der Waals surface area contributed by atoms with Gasteiger partial charge in [0.1, 0.15) is 5.75 Å². The SMILES string of the molecule is Cc1cccc(OCCC(=O)Nc2nc(CCl)cs2)c1. The van der Waals surface area contributed by atoms with E-state index in [1.165, 1.54) is 11.3 Å². The van der Waals surface area contributed by atoms with Gasteiger partial charge in [-0.2, -0.15) is 0 Å². The van der Waals surface area contributed by atoms with E-state index >= 15 is 0 Å². The van der Waals surface area contributed by atoms with E-state index in [9.17, 15) is 4.79 Å². The van der Waals surface area contributed by atoms with Crippen LogP contribution in [0.25, 0.3) is 0 Å². The molecule has 0 fully saturated rings. The summed E-state index contributed by atoms with van der Waals surface area (Å²) in [5.74, 6) is 1.01. The van der Waals surface area contributed by atoms with Gasteiger partial charge >= 0.3 is 0 Å². The zero-order valence-corrected chi connectivity index (χ0v) is 12.6. The molecule has 0 unspecified atom stereocenters. The van der Waals surface area contributed by atoms with E-state index < -0.39 is 0 Å². The van der Waals surface area contributed by atoms with Crippen LogP contribution in [-0.4, -0.2) is 17.5 Å². The minimum atomic E-state index is -0.117. The number of carbonyl (C=O) groups is 1. The van der Waals surface area contributed by atoms with E-state index in [0.717, 1.165) is 17.0 Å². The van der Waals surface area contributed by atoms with Crippen LogP contribution in [0.2, 0.25) is 0 Å². The Kier molecular flexibility index (Phi) is 5.38. The Bertz CT molecular complexity index is 586. The molecular formula is C14H15ClN2O2S. The van der Waals surface area contributed by atoms with E-state index in [0.29, 0.717) is 17.6 Å². The second-order valence-corrected chi connectivity index (χ2v) is 5.37. The predicted octanol–water partition coefficient (Wildman–Crippen LogP) is 3.60. The molecule has 106 valence electrons. The van der Waals surface area contributed by atoms with E-state index in [2.05, 4.69) is 10.3 Å². The first-order chi connectivity index (χ1) is 9.67. The number of aryl methyl sites for hydroxylation is 1. The first kappa shape index (κ1) is 14.8. The van der Waals surface area contributed by atoms with Gasteiger partial charge in [0.2, 0.25) is 5.91 Å². The molecule has 0 atom stereocenters. The predicted molar refractivity (Wildman–Crippen MR) is 81.6 cm³/mol. The molecule has 4 nitrogen and oxygen atoms in total. The molecule has 0 saturated heterocycles. The lowest BCUT2D eigenvalue weighted by Gasteiger charge is -2.06. The second-order valence-electron chi connectivity index (χ2n) is 4.24. The van der Waals surface area contributed by atoms with Gasteiger partial charge in [-0.25, -0.2) is 4.98 Å². The zero-order valence-electron chi connectivity index (χ0n) is 11.1. The van der Waals surface area contributed by atoms with Gasteiger partial charge in [-0.3, -0.25) is 4.79 Å². The van der Waals surface area contributed by atoms with Crippen molar-refractivity contribution in [1.29, 1.82) is 0 Å². The number of halogens is 1. The lowest BCUT2D eigenvalue weighted by Crippen LogP contribution is -2.15. The summed E-state index contributed by atoms with van der Waals surface area (Å²) in [7, 11) is 0. The van der Waals surface area contributed by atoms with Gasteiger partial charge in [-0.15, -0.1) is 22.9 Å². The maximum absolute atomic E-state index is 11.7.